The lowest BCUT2D eigenvalue weighted by molar-refractivity contribution is -0.119. The summed E-state index contributed by atoms with van der Waals surface area (Å²) in [5, 5.41) is 3.91. The molecule has 0 aliphatic carbocycles. The first-order chi connectivity index (χ1) is 12.4. The topological polar surface area (TPSA) is 81.4 Å². The number of furan rings is 1. The largest absolute Gasteiger partial charge is 0.450 e. The Balaban J connectivity index is 1.66. The van der Waals surface area contributed by atoms with Crippen molar-refractivity contribution in [3.8, 4) is 0 Å². The minimum absolute atomic E-state index is 0.0671. The average Bonchev–Trinajstić information content (AvgIpc) is 2.97. The van der Waals surface area contributed by atoms with Gasteiger partial charge in [-0.05, 0) is 25.5 Å². The number of nitrogens with zero attached hydrogens (tertiary/aromatic N) is 1. The maximum atomic E-state index is 12.2. The lowest BCUT2D eigenvalue weighted by atomic mass is 10.1. The maximum Gasteiger partial charge on any atom is 0.375 e. The van der Waals surface area contributed by atoms with Gasteiger partial charge in [0.25, 0.3) is 5.91 Å². The second-order valence-electron chi connectivity index (χ2n) is 5.57. The predicted molar refractivity (Wildman–Crippen MR) is 98.9 cm³/mol. The zero-order valence-corrected chi connectivity index (χ0v) is 15.4. The zero-order valence-electron chi connectivity index (χ0n) is 13.9. The molecular formula is C18H14Cl2N2O4. The number of halogens is 2. The minimum atomic E-state index is -0.722. The maximum absolute atomic E-state index is 12.2. The number of rotatable bonds is 4. The van der Waals surface area contributed by atoms with Gasteiger partial charge >= 0.3 is 5.97 Å². The Kier molecular flexibility index (Phi) is 5.15. The van der Waals surface area contributed by atoms with Gasteiger partial charge in [-0.1, -0.05) is 41.4 Å². The second kappa shape index (κ2) is 7.35. The molecule has 8 heteroatoms. The standard InChI is InChI=1S/C18H14Cl2N2O4/c1-9-11-5-3-4-6-13(11)26-16(9)18(24)25-8-14(23)22-17-15(20)10(2)12(19)7-21-17/h3-7H,8H2,1-2H3,(H,21,22,23). The average molecular weight is 393 g/mol. The van der Waals surface area contributed by atoms with Crippen LogP contribution in [0.3, 0.4) is 0 Å². The van der Waals surface area contributed by atoms with Gasteiger partial charge in [-0.25, -0.2) is 9.78 Å². The van der Waals surface area contributed by atoms with Crippen molar-refractivity contribution in [1.29, 1.82) is 0 Å². The molecule has 0 fully saturated rings. The molecule has 1 amide bonds. The molecule has 0 atom stereocenters. The summed E-state index contributed by atoms with van der Waals surface area (Å²) in [4.78, 5) is 28.2. The second-order valence-corrected chi connectivity index (χ2v) is 6.36. The number of benzene rings is 1. The molecule has 3 rings (SSSR count). The summed E-state index contributed by atoms with van der Waals surface area (Å²) in [5.41, 5.74) is 1.83. The van der Waals surface area contributed by atoms with E-state index in [0.717, 1.165) is 5.39 Å². The van der Waals surface area contributed by atoms with Crippen molar-refractivity contribution in [2.24, 2.45) is 0 Å². The highest BCUT2D eigenvalue weighted by Gasteiger charge is 2.20. The molecule has 2 heterocycles. The lowest BCUT2D eigenvalue weighted by Crippen LogP contribution is -2.21. The number of carbonyl (C=O) groups excluding carboxylic acids is 2. The third-order valence-electron chi connectivity index (χ3n) is 3.82. The highest BCUT2D eigenvalue weighted by Crippen LogP contribution is 2.28. The fourth-order valence-corrected chi connectivity index (χ4v) is 2.77. The van der Waals surface area contributed by atoms with E-state index in [1.807, 2.05) is 12.1 Å². The molecule has 0 unspecified atom stereocenters. The summed E-state index contributed by atoms with van der Waals surface area (Å²) < 4.78 is 10.5. The van der Waals surface area contributed by atoms with Crippen molar-refractivity contribution >= 4 is 51.9 Å². The van der Waals surface area contributed by atoms with Crippen LogP contribution in [-0.4, -0.2) is 23.5 Å². The van der Waals surface area contributed by atoms with Crippen LogP contribution in [0.15, 0.2) is 34.9 Å². The first-order valence-electron chi connectivity index (χ1n) is 7.64. The van der Waals surface area contributed by atoms with E-state index in [-0.39, 0.29) is 16.6 Å². The number of aromatic nitrogens is 1. The van der Waals surface area contributed by atoms with Gasteiger partial charge in [-0.15, -0.1) is 0 Å². The van der Waals surface area contributed by atoms with E-state index in [9.17, 15) is 9.59 Å². The van der Waals surface area contributed by atoms with Crippen LogP contribution in [0.25, 0.3) is 11.0 Å². The molecule has 0 saturated carbocycles. The van der Waals surface area contributed by atoms with Gasteiger partial charge in [0.05, 0.1) is 10.0 Å². The monoisotopic (exact) mass is 392 g/mol. The molecule has 0 bridgehead atoms. The molecule has 1 N–H and O–H groups in total. The van der Waals surface area contributed by atoms with E-state index in [1.165, 1.54) is 6.20 Å². The number of hydrogen-bond acceptors (Lipinski definition) is 5. The summed E-state index contributed by atoms with van der Waals surface area (Å²) >= 11 is 12.0. The number of nitrogens with one attached hydrogen (secondary N) is 1. The van der Waals surface area contributed by atoms with Crippen molar-refractivity contribution in [2.75, 3.05) is 11.9 Å². The van der Waals surface area contributed by atoms with Crippen molar-refractivity contribution in [3.63, 3.8) is 0 Å². The zero-order chi connectivity index (χ0) is 18.8. The van der Waals surface area contributed by atoms with Crippen molar-refractivity contribution in [3.05, 3.63) is 57.4 Å². The van der Waals surface area contributed by atoms with E-state index < -0.39 is 18.5 Å². The number of fused-ring (bicyclic) bond motifs is 1. The summed E-state index contributed by atoms with van der Waals surface area (Å²) in [6.45, 7) is 2.95. The lowest BCUT2D eigenvalue weighted by Gasteiger charge is -2.09. The number of para-hydroxylation sites is 1. The molecule has 0 aliphatic rings. The summed E-state index contributed by atoms with van der Waals surface area (Å²) in [5.74, 6) is -1.09. The Morgan fingerprint density at radius 2 is 1.92 bits per heavy atom. The number of amides is 1. The highest BCUT2D eigenvalue weighted by atomic mass is 35.5. The van der Waals surface area contributed by atoms with Crippen molar-refractivity contribution in [1.82, 2.24) is 4.98 Å². The molecule has 6 nitrogen and oxygen atoms in total. The Morgan fingerprint density at radius 1 is 1.19 bits per heavy atom. The Hall–Kier alpha value is -2.57. The quantitative estimate of drug-likeness (QED) is 0.658. The Labute approximate surface area is 159 Å². The summed E-state index contributed by atoms with van der Waals surface area (Å²) in [6.07, 6.45) is 1.38. The minimum Gasteiger partial charge on any atom is -0.450 e. The molecule has 134 valence electrons. The van der Waals surface area contributed by atoms with Gasteiger partial charge in [0.15, 0.2) is 12.4 Å². The van der Waals surface area contributed by atoms with Gasteiger partial charge in [0.2, 0.25) is 5.76 Å². The third-order valence-corrected chi connectivity index (χ3v) is 4.67. The van der Waals surface area contributed by atoms with Crippen LogP contribution in [-0.2, 0) is 9.53 Å². The van der Waals surface area contributed by atoms with E-state index in [1.54, 1.807) is 26.0 Å². The van der Waals surface area contributed by atoms with E-state index in [2.05, 4.69) is 10.3 Å². The van der Waals surface area contributed by atoms with Gasteiger partial charge < -0.3 is 14.5 Å². The Morgan fingerprint density at radius 3 is 2.65 bits per heavy atom. The van der Waals surface area contributed by atoms with Gasteiger partial charge in [0.1, 0.15) is 5.58 Å². The first-order valence-corrected chi connectivity index (χ1v) is 8.39. The SMILES string of the molecule is Cc1c(Cl)cnc(NC(=O)COC(=O)c2oc3ccccc3c2C)c1Cl. The van der Waals surface area contributed by atoms with Gasteiger partial charge in [-0.3, -0.25) is 4.79 Å². The number of ether oxygens (including phenoxy) is 1. The molecule has 0 saturated heterocycles. The van der Waals surface area contributed by atoms with Crippen molar-refractivity contribution < 1.29 is 18.7 Å². The van der Waals surface area contributed by atoms with Gasteiger partial charge in [-0.2, -0.15) is 0 Å². The van der Waals surface area contributed by atoms with E-state index in [4.69, 9.17) is 32.4 Å². The van der Waals surface area contributed by atoms with E-state index in [0.29, 0.717) is 21.7 Å². The van der Waals surface area contributed by atoms with Crippen LogP contribution in [0.1, 0.15) is 21.7 Å². The van der Waals surface area contributed by atoms with Crippen LogP contribution < -0.4 is 5.32 Å². The van der Waals surface area contributed by atoms with Crippen LogP contribution in [0.5, 0.6) is 0 Å². The molecule has 3 aromatic rings. The highest BCUT2D eigenvalue weighted by molar-refractivity contribution is 6.37. The summed E-state index contributed by atoms with van der Waals surface area (Å²) in [6, 6.07) is 7.24. The van der Waals surface area contributed by atoms with Crippen LogP contribution in [0.4, 0.5) is 5.82 Å². The first kappa shape index (κ1) is 18.2. The fraction of sp³-hybridized carbons (Fsp3) is 0.167. The smallest absolute Gasteiger partial charge is 0.375 e. The number of esters is 1. The number of carbonyl (C=O) groups is 2. The predicted octanol–water partition coefficient (Wildman–Crippen LogP) is 4.55. The number of hydrogen-bond donors (Lipinski definition) is 1. The van der Waals surface area contributed by atoms with Crippen LogP contribution in [0, 0.1) is 13.8 Å². The number of pyridine rings is 1. The molecule has 0 radical (unpaired) electrons. The van der Waals surface area contributed by atoms with Gasteiger partial charge in [0, 0.05) is 17.1 Å². The normalized spacial score (nSPS) is 10.8. The van der Waals surface area contributed by atoms with Crippen molar-refractivity contribution in [2.45, 2.75) is 13.8 Å². The molecule has 26 heavy (non-hydrogen) atoms. The molecule has 2 aromatic heterocycles. The molecule has 0 spiro atoms. The fourth-order valence-electron chi connectivity index (χ4n) is 2.38. The molecular weight excluding hydrogens is 379 g/mol. The molecule has 0 aliphatic heterocycles. The molecule has 1 aromatic carbocycles. The third kappa shape index (κ3) is 3.52. The number of aryl methyl sites for hydroxylation is 1. The summed E-state index contributed by atoms with van der Waals surface area (Å²) in [7, 11) is 0. The van der Waals surface area contributed by atoms with Crippen LogP contribution in [0.2, 0.25) is 10.0 Å². The number of anilines is 1. The van der Waals surface area contributed by atoms with Crippen LogP contribution >= 0.6 is 23.2 Å². The van der Waals surface area contributed by atoms with E-state index >= 15 is 0 Å². The Bertz CT molecular complexity index is 1010.